The lowest BCUT2D eigenvalue weighted by atomic mass is 10.0. The number of ether oxygens (including phenoxy) is 1. The van der Waals surface area contributed by atoms with E-state index in [1.54, 1.807) is 13.0 Å². The SMILES string of the molecule is Cc1cc(N[C@@H]2CC[C@@H](C(=O)O)NC2)nnc1-c1ccc(OC(F)(F)F)cc1O. The summed E-state index contributed by atoms with van der Waals surface area (Å²) in [7, 11) is 0. The summed E-state index contributed by atoms with van der Waals surface area (Å²) in [6.45, 7) is 2.19. The largest absolute Gasteiger partial charge is 0.573 e. The summed E-state index contributed by atoms with van der Waals surface area (Å²) in [6.07, 6.45) is -3.72. The van der Waals surface area contributed by atoms with Crippen LogP contribution in [0.25, 0.3) is 11.3 Å². The number of phenols is 1. The molecular formula is C18H19F3N4O4. The average molecular weight is 412 g/mol. The van der Waals surface area contributed by atoms with Crippen LogP contribution in [-0.4, -0.2) is 51.4 Å². The summed E-state index contributed by atoms with van der Waals surface area (Å²) in [5.74, 6) is -1.36. The van der Waals surface area contributed by atoms with Crippen molar-refractivity contribution in [2.24, 2.45) is 0 Å². The van der Waals surface area contributed by atoms with E-state index < -0.39 is 29.9 Å². The molecule has 29 heavy (non-hydrogen) atoms. The first-order valence-electron chi connectivity index (χ1n) is 8.78. The number of aryl methyl sites for hydroxylation is 1. The van der Waals surface area contributed by atoms with Crippen molar-refractivity contribution in [3.8, 4) is 22.8 Å². The van der Waals surface area contributed by atoms with Gasteiger partial charge in [0.05, 0.1) is 5.69 Å². The van der Waals surface area contributed by atoms with Crippen molar-refractivity contribution < 1.29 is 32.9 Å². The molecule has 1 aliphatic heterocycles. The fourth-order valence-corrected chi connectivity index (χ4v) is 3.13. The van der Waals surface area contributed by atoms with Crippen molar-refractivity contribution in [2.45, 2.75) is 38.2 Å². The molecule has 1 aromatic heterocycles. The van der Waals surface area contributed by atoms with E-state index in [4.69, 9.17) is 5.11 Å². The maximum Gasteiger partial charge on any atom is 0.573 e. The van der Waals surface area contributed by atoms with Crippen molar-refractivity contribution in [2.75, 3.05) is 11.9 Å². The highest BCUT2D eigenvalue weighted by Gasteiger charge is 2.31. The molecule has 0 aliphatic carbocycles. The summed E-state index contributed by atoms with van der Waals surface area (Å²) in [5, 5.41) is 33.3. The Morgan fingerprint density at radius 1 is 1.28 bits per heavy atom. The molecule has 3 rings (SSSR count). The molecule has 0 spiro atoms. The van der Waals surface area contributed by atoms with Crippen LogP contribution >= 0.6 is 0 Å². The number of carboxylic acids is 1. The second-order valence-electron chi connectivity index (χ2n) is 6.71. The number of hydrogen-bond donors (Lipinski definition) is 4. The van der Waals surface area contributed by atoms with Crippen molar-refractivity contribution >= 4 is 11.8 Å². The van der Waals surface area contributed by atoms with E-state index in [0.717, 1.165) is 12.1 Å². The van der Waals surface area contributed by atoms with Gasteiger partial charge in [-0.05, 0) is 43.5 Å². The van der Waals surface area contributed by atoms with Crippen LogP contribution in [0.4, 0.5) is 19.0 Å². The van der Waals surface area contributed by atoms with Gasteiger partial charge in [0.15, 0.2) is 0 Å². The average Bonchev–Trinajstić information content (AvgIpc) is 2.62. The van der Waals surface area contributed by atoms with E-state index in [1.807, 2.05) is 0 Å². The summed E-state index contributed by atoms with van der Waals surface area (Å²) in [6, 6.07) is 4.35. The zero-order valence-corrected chi connectivity index (χ0v) is 15.3. The molecule has 2 aromatic rings. The van der Waals surface area contributed by atoms with E-state index in [9.17, 15) is 23.1 Å². The second kappa shape index (κ2) is 8.11. The van der Waals surface area contributed by atoms with E-state index in [0.29, 0.717) is 36.5 Å². The molecule has 2 heterocycles. The monoisotopic (exact) mass is 412 g/mol. The van der Waals surface area contributed by atoms with Gasteiger partial charge < -0.3 is 25.6 Å². The fraction of sp³-hybridized carbons (Fsp3) is 0.389. The number of phenolic OH excluding ortho intramolecular Hbond substituents is 1. The normalized spacial score (nSPS) is 19.6. The molecule has 1 saturated heterocycles. The minimum absolute atomic E-state index is 0.0163. The third kappa shape index (κ3) is 5.25. The second-order valence-corrected chi connectivity index (χ2v) is 6.71. The van der Waals surface area contributed by atoms with Crippen molar-refractivity contribution in [1.29, 1.82) is 0 Å². The quantitative estimate of drug-likeness (QED) is 0.592. The number of alkyl halides is 3. The first kappa shape index (κ1) is 20.6. The standard InChI is InChI=1S/C18H19F3N4O4/c1-9-6-15(23-10-2-5-13(17(27)28)22-8-10)24-25-16(9)12-4-3-11(7-14(12)26)29-18(19,20)21/h3-4,6-7,10,13,22,26H,2,5,8H2,1H3,(H,23,24)(H,27,28)/t10-,13+/m1/s1. The number of aliphatic carboxylic acids is 1. The molecule has 8 nitrogen and oxygen atoms in total. The number of piperidine rings is 1. The molecule has 0 amide bonds. The summed E-state index contributed by atoms with van der Waals surface area (Å²) >= 11 is 0. The third-order valence-electron chi connectivity index (χ3n) is 4.51. The number of aromatic nitrogens is 2. The summed E-state index contributed by atoms with van der Waals surface area (Å²) in [5.41, 5.74) is 1.19. The number of nitrogens with one attached hydrogen (secondary N) is 2. The van der Waals surface area contributed by atoms with Crippen LogP contribution in [0.5, 0.6) is 11.5 Å². The van der Waals surface area contributed by atoms with Gasteiger partial charge in [-0.15, -0.1) is 23.4 Å². The van der Waals surface area contributed by atoms with Crippen LogP contribution in [0.15, 0.2) is 24.3 Å². The molecule has 1 aromatic carbocycles. The number of hydrogen-bond acceptors (Lipinski definition) is 7. The van der Waals surface area contributed by atoms with Crippen molar-refractivity contribution in [3.05, 3.63) is 29.8 Å². The van der Waals surface area contributed by atoms with Crippen LogP contribution in [0.1, 0.15) is 18.4 Å². The number of aromatic hydroxyl groups is 1. The lowest BCUT2D eigenvalue weighted by molar-refractivity contribution is -0.274. The van der Waals surface area contributed by atoms with E-state index in [-0.39, 0.29) is 11.6 Å². The number of nitrogens with zero attached hydrogens (tertiary/aromatic N) is 2. The molecule has 0 unspecified atom stereocenters. The molecule has 156 valence electrons. The van der Waals surface area contributed by atoms with Gasteiger partial charge in [0.1, 0.15) is 23.4 Å². The van der Waals surface area contributed by atoms with Gasteiger partial charge in [0, 0.05) is 24.2 Å². The van der Waals surface area contributed by atoms with E-state index >= 15 is 0 Å². The zero-order valence-electron chi connectivity index (χ0n) is 15.3. The first-order chi connectivity index (χ1) is 13.6. The van der Waals surface area contributed by atoms with Crippen LogP contribution in [0.2, 0.25) is 0 Å². The van der Waals surface area contributed by atoms with Crippen LogP contribution < -0.4 is 15.4 Å². The van der Waals surface area contributed by atoms with Gasteiger partial charge in [-0.3, -0.25) is 4.79 Å². The third-order valence-corrected chi connectivity index (χ3v) is 4.51. The summed E-state index contributed by atoms with van der Waals surface area (Å²) in [4.78, 5) is 11.0. The molecule has 1 aliphatic rings. The number of halogens is 3. The Hall–Kier alpha value is -3.08. The highest BCUT2D eigenvalue weighted by Crippen LogP contribution is 2.35. The zero-order chi connectivity index (χ0) is 21.2. The predicted octanol–water partition coefficient (Wildman–Crippen LogP) is 2.67. The van der Waals surface area contributed by atoms with Gasteiger partial charge in [-0.1, -0.05) is 0 Å². The van der Waals surface area contributed by atoms with Crippen LogP contribution in [-0.2, 0) is 4.79 Å². The minimum atomic E-state index is -4.85. The molecule has 0 radical (unpaired) electrons. The van der Waals surface area contributed by atoms with Gasteiger partial charge >= 0.3 is 12.3 Å². The number of carbonyl (C=O) groups is 1. The van der Waals surface area contributed by atoms with E-state index in [2.05, 4.69) is 25.6 Å². The Morgan fingerprint density at radius 2 is 2.03 bits per heavy atom. The number of anilines is 1. The number of rotatable bonds is 5. The Balaban J connectivity index is 1.71. The molecule has 2 atom stereocenters. The van der Waals surface area contributed by atoms with Gasteiger partial charge in [-0.2, -0.15) is 0 Å². The fourth-order valence-electron chi connectivity index (χ4n) is 3.13. The molecule has 4 N–H and O–H groups in total. The molecule has 0 bridgehead atoms. The first-order valence-corrected chi connectivity index (χ1v) is 8.78. The Bertz CT molecular complexity index is 899. The molecule has 1 fully saturated rings. The number of benzene rings is 1. The Labute approximate surface area is 163 Å². The Kier molecular flexibility index (Phi) is 5.78. The van der Waals surface area contributed by atoms with Gasteiger partial charge in [0.25, 0.3) is 0 Å². The maximum atomic E-state index is 12.3. The van der Waals surface area contributed by atoms with Crippen molar-refractivity contribution in [3.63, 3.8) is 0 Å². The molecular weight excluding hydrogens is 393 g/mol. The highest BCUT2D eigenvalue weighted by molar-refractivity contribution is 5.73. The smallest absolute Gasteiger partial charge is 0.507 e. The lowest BCUT2D eigenvalue weighted by Gasteiger charge is -2.28. The lowest BCUT2D eigenvalue weighted by Crippen LogP contribution is -2.48. The van der Waals surface area contributed by atoms with Gasteiger partial charge in [0.2, 0.25) is 0 Å². The maximum absolute atomic E-state index is 12.3. The minimum Gasteiger partial charge on any atom is -0.507 e. The topological polar surface area (TPSA) is 117 Å². The van der Waals surface area contributed by atoms with Gasteiger partial charge in [-0.25, -0.2) is 0 Å². The Morgan fingerprint density at radius 3 is 2.59 bits per heavy atom. The molecule has 0 saturated carbocycles. The van der Waals surface area contributed by atoms with Crippen LogP contribution in [0.3, 0.4) is 0 Å². The number of carboxylic acid groups (broad SMARTS) is 1. The van der Waals surface area contributed by atoms with E-state index in [1.165, 1.54) is 6.07 Å². The summed E-state index contributed by atoms with van der Waals surface area (Å²) < 4.78 is 40.7. The highest BCUT2D eigenvalue weighted by atomic mass is 19.4. The molecule has 11 heteroatoms. The van der Waals surface area contributed by atoms with Crippen molar-refractivity contribution in [1.82, 2.24) is 15.5 Å². The predicted molar refractivity (Wildman–Crippen MR) is 96.6 cm³/mol. The van der Waals surface area contributed by atoms with Crippen LogP contribution in [0, 0.1) is 6.92 Å².